The van der Waals surface area contributed by atoms with E-state index in [2.05, 4.69) is 4.72 Å². The van der Waals surface area contributed by atoms with Gasteiger partial charge in [-0.05, 0) is 50.1 Å². The molecular weight excluding hydrogens is 334 g/mol. The maximum Gasteiger partial charge on any atom is 0.241 e. The highest BCUT2D eigenvalue weighted by Gasteiger charge is 2.20. The first-order valence-corrected chi connectivity index (χ1v) is 9.03. The van der Waals surface area contributed by atoms with Crippen LogP contribution >= 0.6 is 11.6 Å². The average Bonchev–Trinajstić information content (AvgIpc) is 2.49. The van der Waals surface area contributed by atoms with Crippen LogP contribution < -0.4 is 9.46 Å². The van der Waals surface area contributed by atoms with Crippen LogP contribution in [0.15, 0.2) is 41.3 Å². The lowest BCUT2D eigenvalue weighted by Gasteiger charge is -2.18. The lowest BCUT2D eigenvalue weighted by atomic mass is 10.0. The van der Waals surface area contributed by atoms with Crippen molar-refractivity contribution in [2.24, 2.45) is 0 Å². The van der Waals surface area contributed by atoms with Gasteiger partial charge >= 0.3 is 0 Å². The minimum absolute atomic E-state index is 0.112. The van der Waals surface area contributed by atoms with Crippen molar-refractivity contribution < 1.29 is 13.2 Å². The lowest BCUT2D eigenvalue weighted by molar-refractivity contribution is 0.414. The molecule has 6 heteroatoms. The van der Waals surface area contributed by atoms with Gasteiger partial charge in [-0.3, -0.25) is 0 Å². The largest absolute Gasteiger partial charge is 0.495 e. The normalized spacial score (nSPS) is 12.9. The molecule has 1 N–H and O–H groups in total. The van der Waals surface area contributed by atoms with Gasteiger partial charge in [0.2, 0.25) is 10.0 Å². The number of benzene rings is 2. The van der Waals surface area contributed by atoms with Gasteiger partial charge in [0.15, 0.2) is 0 Å². The third-order valence-electron chi connectivity index (χ3n) is 3.67. The van der Waals surface area contributed by atoms with Crippen molar-refractivity contribution in [1.82, 2.24) is 4.72 Å². The smallest absolute Gasteiger partial charge is 0.241 e. The maximum absolute atomic E-state index is 12.6. The molecule has 0 saturated heterocycles. The van der Waals surface area contributed by atoms with Crippen LogP contribution in [0.2, 0.25) is 5.02 Å². The molecule has 0 amide bonds. The third-order valence-corrected chi connectivity index (χ3v) is 5.50. The van der Waals surface area contributed by atoms with Gasteiger partial charge in [0, 0.05) is 6.04 Å². The molecule has 0 heterocycles. The maximum atomic E-state index is 12.6. The Balaban J connectivity index is 2.30. The summed E-state index contributed by atoms with van der Waals surface area (Å²) in [6.07, 6.45) is 0. The zero-order chi connectivity index (χ0) is 17.2. The summed E-state index contributed by atoms with van der Waals surface area (Å²) in [6.45, 7) is 5.77. The first-order valence-electron chi connectivity index (χ1n) is 7.17. The molecule has 4 nitrogen and oxygen atoms in total. The molecule has 0 aliphatic carbocycles. The second kappa shape index (κ2) is 6.91. The number of ether oxygens (including phenoxy) is 1. The Morgan fingerprint density at radius 1 is 1.13 bits per heavy atom. The van der Waals surface area contributed by atoms with Crippen molar-refractivity contribution >= 4 is 21.6 Å². The summed E-state index contributed by atoms with van der Waals surface area (Å²) in [5.74, 6) is 0.438. The highest BCUT2D eigenvalue weighted by molar-refractivity contribution is 7.89. The Morgan fingerprint density at radius 3 is 2.43 bits per heavy atom. The van der Waals surface area contributed by atoms with E-state index in [-0.39, 0.29) is 16.0 Å². The molecule has 0 spiro atoms. The van der Waals surface area contributed by atoms with Gasteiger partial charge in [-0.15, -0.1) is 0 Å². The molecule has 1 unspecified atom stereocenters. The molecule has 2 aromatic rings. The third kappa shape index (κ3) is 4.05. The summed E-state index contributed by atoms with van der Waals surface area (Å²) in [5.41, 5.74) is 3.08. The highest BCUT2D eigenvalue weighted by Crippen LogP contribution is 2.28. The van der Waals surface area contributed by atoms with Crippen LogP contribution in [0.1, 0.15) is 29.7 Å². The van der Waals surface area contributed by atoms with Crippen molar-refractivity contribution in [2.45, 2.75) is 31.7 Å². The Kier molecular flexibility index (Phi) is 5.34. The van der Waals surface area contributed by atoms with Gasteiger partial charge in [0.1, 0.15) is 5.75 Å². The molecule has 0 fully saturated rings. The zero-order valence-corrected chi connectivity index (χ0v) is 15.1. The minimum Gasteiger partial charge on any atom is -0.495 e. The van der Waals surface area contributed by atoms with Crippen molar-refractivity contribution in [1.29, 1.82) is 0 Å². The van der Waals surface area contributed by atoms with Gasteiger partial charge in [0.25, 0.3) is 0 Å². The topological polar surface area (TPSA) is 55.4 Å². The van der Waals surface area contributed by atoms with E-state index in [0.29, 0.717) is 5.75 Å². The van der Waals surface area contributed by atoms with Gasteiger partial charge in [-0.25, -0.2) is 13.1 Å². The van der Waals surface area contributed by atoms with E-state index in [1.165, 1.54) is 19.2 Å². The predicted octanol–water partition coefficient (Wildman–Crippen LogP) is 4.00. The molecule has 0 aliphatic heterocycles. The Morgan fingerprint density at radius 2 is 1.83 bits per heavy atom. The second-order valence-corrected chi connectivity index (χ2v) is 7.62. The van der Waals surface area contributed by atoms with Crippen molar-refractivity contribution in [3.63, 3.8) is 0 Å². The van der Waals surface area contributed by atoms with Crippen LogP contribution in [0.3, 0.4) is 0 Å². The quantitative estimate of drug-likeness (QED) is 0.883. The van der Waals surface area contributed by atoms with Gasteiger partial charge in [-0.2, -0.15) is 0 Å². The number of sulfonamides is 1. The Bertz CT molecular complexity index is 819. The van der Waals surface area contributed by atoms with E-state index in [4.69, 9.17) is 16.3 Å². The first kappa shape index (κ1) is 17.8. The molecular formula is C17H20ClNO3S. The fraction of sp³-hybridized carbons (Fsp3) is 0.294. The standard InChI is InChI=1S/C17H20ClNO3S/c1-11-5-6-12(2)15(9-11)13(3)19-23(20,21)14-7-8-17(22-4)16(18)10-14/h5-10,13,19H,1-4H3. The van der Waals surface area contributed by atoms with E-state index in [1.807, 2.05) is 39.0 Å². The van der Waals surface area contributed by atoms with Crippen LogP contribution in [0.5, 0.6) is 5.75 Å². The van der Waals surface area contributed by atoms with Crippen molar-refractivity contribution in [2.75, 3.05) is 7.11 Å². The summed E-state index contributed by atoms with van der Waals surface area (Å²) >= 11 is 6.02. The summed E-state index contributed by atoms with van der Waals surface area (Å²) in [4.78, 5) is 0.112. The average molecular weight is 354 g/mol. The second-order valence-electron chi connectivity index (χ2n) is 5.50. The van der Waals surface area contributed by atoms with E-state index < -0.39 is 10.0 Å². The summed E-state index contributed by atoms with van der Waals surface area (Å²) in [6, 6.07) is 10.0. The SMILES string of the molecule is COc1ccc(S(=O)(=O)NC(C)c2cc(C)ccc2C)cc1Cl. The van der Waals surface area contributed by atoms with Crippen LogP contribution in [-0.2, 0) is 10.0 Å². The first-order chi connectivity index (χ1) is 10.7. The summed E-state index contributed by atoms with van der Waals surface area (Å²) in [7, 11) is -2.19. The van der Waals surface area contributed by atoms with Crippen LogP contribution in [0.4, 0.5) is 0 Å². The van der Waals surface area contributed by atoms with Gasteiger partial charge in [-0.1, -0.05) is 35.4 Å². The number of hydrogen-bond donors (Lipinski definition) is 1. The van der Waals surface area contributed by atoms with Crippen molar-refractivity contribution in [3.05, 3.63) is 58.1 Å². The molecule has 0 saturated carbocycles. The molecule has 2 rings (SSSR count). The Labute approximate surface area is 142 Å². The van der Waals surface area contributed by atoms with Crippen LogP contribution in [-0.4, -0.2) is 15.5 Å². The molecule has 23 heavy (non-hydrogen) atoms. The lowest BCUT2D eigenvalue weighted by Crippen LogP contribution is -2.27. The molecule has 1 atom stereocenters. The molecule has 124 valence electrons. The summed E-state index contributed by atoms with van der Waals surface area (Å²) < 4.78 is 32.8. The number of rotatable bonds is 5. The molecule has 0 radical (unpaired) electrons. The number of halogens is 1. The zero-order valence-electron chi connectivity index (χ0n) is 13.6. The number of hydrogen-bond acceptors (Lipinski definition) is 3. The van der Waals surface area contributed by atoms with E-state index in [0.717, 1.165) is 16.7 Å². The number of aryl methyl sites for hydroxylation is 2. The van der Waals surface area contributed by atoms with E-state index in [9.17, 15) is 8.42 Å². The fourth-order valence-corrected chi connectivity index (χ4v) is 3.98. The molecule has 2 aromatic carbocycles. The number of nitrogens with one attached hydrogen (secondary N) is 1. The molecule has 0 aliphatic rings. The summed E-state index contributed by atoms with van der Waals surface area (Å²) in [5, 5.41) is 0.259. The Hall–Kier alpha value is -1.56. The predicted molar refractivity (Wildman–Crippen MR) is 92.7 cm³/mol. The number of methoxy groups -OCH3 is 1. The van der Waals surface area contributed by atoms with Crippen LogP contribution in [0, 0.1) is 13.8 Å². The van der Waals surface area contributed by atoms with E-state index >= 15 is 0 Å². The molecule has 0 aromatic heterocycles. The monoisotopic (exact) mass is 353 g/mol. The molecule has 0 bridgehead atoms. The van der Waals surface area contributed by atoms with Gasteiger partial charge in [0.05, 0.1) is 17.0 Å². The van der Waals surface area contributed by atoms with Crippen LogP contribution in [0.25, 0.3) is 0 Å². The minimum atomic E-state index is -3.67. The fourth-order valence-electron chi connectivity index (χ4n) is 2.40. The van der Waals surface area contributed by atoms with Crippen molar-refractivity contribution in [3.8, 4) is 5.75 Å². The highest BCUT2D eigenvalue weighted by atomic mass is 35.5. The van der Waals surface area contributed by atoms with Gasteiger partial charge < -0.3 is 4.74 Å². The van der Waals surface area contributed by atoms with E-state index in [1.54, 1.807) is 6.07 Å².